The molecular formula is C27H46N4O3. The minimum atomic E-state index is -0.732. The normalized spacial score (nSPS) is 12.4. The minimum absolute atomic E-state index is 0.179. The van der Waals surface area contributed by atoms with Crippen LogP contribution in [0.2, 0.25) is 0 Å². The Kier molecular flexibility index (Phi) is 18.4. The summed E-state index contributed by atoms with van der Waals surface area (Å²) < 4.78 is 5.42. The highest BCUT2D eigenvalue weighted by atomic mass is 16.5. The number of rotatable bonds is 21. The molecule has 0 radical (unpaired) electrons. The number of nitrogens with one attached hydrogen (secondary N) is 2. The highest BCUT2D eigenvalue weighted by Gasteiger charge is 2.23. The maximum absolute atomic E-state index is 12.5. The van der Waals surface area contributed by atoms with Gasteiger partial charge in [-0.15, -0.1) is 0 Å². The number of aromatic amines is 1. The van der Waals surface area contributed by atoms with E-state index < -0.39 is 12.0 Å². The first-order chi connectivity index (χ1) is 16.7. The van der Waals surface area contributed by atoms with E-state index in [1.807, 2.05) is 0 Å². The van der Waals surface area contributed by atoms with Crippen molar-refractivity contribution in [3.8, 4) is 0 Å². The van der Waals surface area contributed by atoms with Crippen LogP contribution in [-0.2, 0) is 20.7 Å². The Bertz CT molecular complexity index is 686. The molecule has 1 heterocycles. The van der Waals surface area contributed by atoms with Gasteiger partial charge >= 0.3 is 5.97 Å². The number of unbranched alkanes of at least 4 members (excludes halogenated alkanes) is 9. The van der Waals surface area contributed by atoms with Crippen LogP contribution in [0, 0.1) is 0 Å². The molecule has 0 aromatic carbocycles. The van der Waals surface area contributed by atoms with Gasteiger partial charge in [0.25, 0.3) is 0 Å². The van der Waals surface area contributed by atoms with E-state index in [0.717, 1.165) is 37.8 Å². The van der Waals surface area contributed by atoms with Crippen LogP contribution in [0.25, 0.3) is 0 Å². The van der Waals surface area contributed by atoms with Crippen molar-refractivity contribution >= 4 is 11.9 Å². The van der Waals surface area contributed by atoms with Gasteiger partial charge in [-0.05, 0) is 38.5 Å². The molecule has 1 aromatic heterocycles. The molecule has 0 spiro atoms. The lowest BCUT2D eigenvalue weighted by Gasteiger charge is -2.17. The number of nitrogens with two attached hydrogens (primary N) is 1. The molecule has 7 nitrogen and oxygen atoms in total. The maximum atomic E-state index is 12.5. The molecule has 1 aromatic rings. The Balaban J connectivity index is 2.06. The van der Waals surface area contributed by atoms with E-state index in [2.05, 4.69) is 46.5 Å². The van der Waals surface area contributed by atoms with Crippen molar-refractivity contribution in [1.82, 2.24) is 15.3 Å². The molecule has 0 saturated carbocycles. The van der Waals surface area contributed by atoms with E-state index >= 15 is 0 Å². The third-order valence-electron chi connectivity index (χ3n) is 5.56. The molecule has 0 saturated heterocycles. The van der Waals surface area contributed by atoms with Gasteiger partial charge in [-0.25, -0.2) is 9.78 Å². The number of aromatic nitrogens is 2. The topological polar surface area (TPSA) is 110 Å². The molecule has 0 bridgehead atoms. The molecule has 192 valence electrons. The van der Waals surface area contributed by atoms with Gasteiger partial charge in [0.2, 0.25) is 5.91 Å². The highest BCUT2D eigenvalue weighted by Crippen LogP contribution is 2.09. The highest BCUT2D eigenvalue weighted by molar-refractivity contribution is 5.84. The van der Waals surface area contributed by atoms with Gasteiger partial charge in [-0.3, -0.25) is 4.79 Å². The second-order valence-electron chi connectivity index (χ2n) is 8.69. The molecular weight excluding hydrogens is 428 g/mol. The van der Waals surface area contributed by atoms with E-state index in [0.29, 0.717) is 13.0 Å². The van der Waals surface area contributed by atoms with Crippen LogP contribution in [-0.4, -0.2) is 41.0 Å². The number of esters is 1. The number of ether oxygens (including phenoxy) is 1. The fraction of sp³-hybridized carbons (Fsp3) is 0.667. The van der Waals surface area contributed by atoms with Crippen LogP contribution in [0.3, 0.4) is 0 Å². The Hall–Kier alpha value is -2.41. The smallest absolute Gasteiger partial charge is 0.329 e. The first-order valence-corrected chi connectivity index (χ1v) is 13.1. The molecule has 1 unspecified atom stereocenters. The molecule has 0 fully saturated rings. The van der Waals surface area contributed by atoms with Gasteiger partial charge in [0.15, 0.2) is 0 Å². The van der Waals surface area contributed by atoms with E-state index in [1.54, 1.807) is 12.5 Å². The molecule has 0 aliphatic carbocycles. The number of carbonyl (C=O) groups excluding carboxylic acids is 2. The SMILES string of the molecule is CCCCC/C=C\C/C=C\CCCCCCCCOC(=O)C(Cc1cnc[nH]1)NC(=O)CCN. The average molecular weight is 475 g/mol. The summed E-state index contributed by atoms with van der Waals surface area (Å²) in [7, 11) is 0. The average Bonchev–Trinajstić information content (AvgIpc) is 3.34. The summed E-state index contributed by atoms with van der Waals surface area (Å²) >= 11 is 0. The van der Waals surface area contributed by atoms with E-state index in [9.17, 15) is 9.59 Å². The number of allylic oxidation sites excluding steroid dienone is 4. The standard InChI is InChI=1S/C27H46N4O3/c1-2-3-4-5-6-7-8-9-10-11-12-13-14-15-16-17-20-34-27(33)25(31-26(32)18-19-28)21-24-22-29-23-30-24/h6-7,9-10,22-23,25H,2-5,8,11-21,28H2,1H3,(H,29,30)(H,31,32)/b7-6-,10-9-. The Morgan fingerprint density at radius 1 is 1.03 bits per heavy atom. The monoisotopic (exact) mass is 474 g/mol. The number of amides is 1. The number of hydrogen-bond acceptors (Lipinski definition) is 5. The Morgan fingerprint density at radius 3 is 2.35 bits per heavy atom. The van der Waals surface area contributed by atoms with Gasteiger partial charge in [0, 0.05) is 31.3 Å². The molecule has 4 N–H and O–H groups in total. The van der Waals surface area contributed by atoms with Crippen LogP contribution in [0.15, 0.2) is 36.8 Å². The first kappa shape index (κ1) is 29.6. The van der Waals surface area contributed by atoms with Crippen molar-refractivity contribution in [3.63, 3.8) is 0 Å². The molecule has 1 atom stereocenters. The number of hydrogen-bond donors (Lipinski definition) is 3. The summed E-state index contributed by atoms with van der Waals surface area (Å²) in [6, 6.07) is -0.732. The number of nitrogens with zero attached hydrogens (tertiary/aromatic N) is 1. The lowest BCUT2D eigenvalue weighted by molar-refractivity contribution is -0.148. The molecule has 1 rings (SSSR count). The van der Waals surface area contributed by atoms with E-state index in [1.165, 1.54) is 44.9 Å². The van der Waals surface area contributed by atoms with Crippen LogP contribution in [0.1, 0.15) is 96.1 Å². The zero-order valence-electron chi connectivity index (χ0n) is 21.1. The van der Waals surface area contributed by atoms with Crippen LogP contribution in [0.4, 0.5) is 0 Å². The van der Waals surface area contributed by atoms with Crippen molar-refractivity contribution in [2.45, 2.75) is 103 Å². The predicted molar refractivity (Wildman–Crippen MR) is 138 cm³/mol. The Morgan fingerprint density at radius 2 is 1.71 bits per heavy atom. The van der Waals surface area contributed by atoms with Crippen molar-refractivity contribution in [2.75, 3.05) is 13.2 Å². The van der Waals surface area contributed by atoms with Crippen molar-refractivity contribution in [1.29, 1.82) is 0 Å². The number of H-pyrrole nitrogens is 1. The molecule has 1 amide bonds. The van der Waals surface area contributed by atoms with Gasteiger partial charge < -0.3 is 20.8 Å². The lowest BCUT2D eigenvalue weighted by atomic mass is 10.1. The summed E-state index contributed by atoms with van der Waals surface area (Å²) in [4.78, 5) is 31.2. The largest absolute Gasteiger partial charge is 0.464 e. The number of carbonyl (C=O) groups is 2. The minimum Gasteiger partial charge on any atom is -0.464 e. The second-order valence-corrected chi connectivity index (χ2v) is 8.69. The Labute approximate surface area is 206 Å². The van der Waals surface area contributed by atoms with Crippen molar-refractivity contribution in [3.05, 3.63) is 42.5 Å². The van der Waals surface area contributed by atoms with E-state index in [-0.39, 0.29) is 18.9 Å². The van der Waals surface area contributed by atoms with Gasteiger partial charge in [-0.1, -0.05) is 69.8 Å². The van der Waals surface area contributed by atoms with Gasteiger partial charge in [-0.2, -0.15) is 0 Å². The maximum Gasteiger partial charge on any atom is 0.329 e. The third kappa shape index (κ3) is 16.2. The summed E-state index contributed by atoms with van der Waals surface area (Å²) in [6.45, 7) is 2.85. The van der Waals surface area contributed by atoms with Crippen LogP contribution < -0.4 is 11.1 Å². The number of imidazole rings is 1. The van der Waals surface area contributed by atoms with Crippen molar-refractivity contribution in [2.24, 2.45) is 5.73 Å². The molecule has 0 aliphatic rings. The quantitative estimate of drug-likeness (QED) is 0.130. The van der Waals surface area contributed by atoms with Crippen molar-refractivity contribution < 1.29 is 14.3 Å². The zero-order valence-corrected chi connectivity index (χ0v) is 21.1. The lowest BCUT2D eigenvalue weighted by Crippen LogP contribution is -2.44. The third-order valence-corrected chi connectivity index (χ3v) is 5.56. The molecule has 0 aliphatic heterocycles. The molecule has 34 heavy (non-hydrogen) atoms. The summed E-state index contributed by atoms with van der Waals surface area (Å²) in [5, 5.41) is 2.71. The summed E-state index contributed by atoms with van der Waals surface area (Å²) in [5.74, 6) is -0.666. The van der Waals surface area contributed by atoms with Crippen LogP contribution in [0.5, 0.6) is 0 Å². The summed E-state index contributed by atoms with van der Waals surface area (Å²) in [6.07, 6.45) is 26.8. The van der Waals surface area contributed by atoms with Crippen LogP contribution >= 0.6 is 0 Å². The summed E-state index contributed by atoms with van der Waals surface area (Å²) in [5.41, 5.74) is 6.19. The molecule has 7 heteroatoms. The predicted octanol–water partition coefficient (Wildman–Crippen LogP) is 5.14. The second kappa shape index (κ2) is 21.1. The van der Waals surface area contributed by atoms with E-state index in [4.69, 9.17) is 10.5 Å². The zero-order chi connectivity index (χ0) is 24.7. The van der Waals surface area contributed by atoms with Gasteiger partial charge in [0.05, 0.1) is 12.9 Å². The van der Waals surface area contributed by atoms with Gasteiger partial charge in [0.1, 0.15) is 6.04 Å². The fourth-order valence-electron chi connectivity index (χ4n) is 3.57. The fourth-order valence-corrected chi connectivity index (χ4v) is 3.57. The first-order valence-electron chi connectivity index (χ1n) is 13.1.